The molecule has 2 aromatic rings. The number of hydrogen-bond acceptors (Lipinski definition) is 0. The van der Waals surface area contributed by atoms with E-state index >= 15 is 0 Å². The SMILES string of the molecule is [2H]c1ccc([2H])c(-c2c([2H])c([2H])c([2H])c([2H])c2[2H])c1[2H]. The van der Waals surface area contributed by atoms with Gasteiger partial charge in [0.05, 0.1) is 11.0 Å². The summed E-state index contributed by atoms with van der Waals surface area (Å²) in [6.45, 7) is 0. The van der Waals surface area contributed by atoms with Crippen LogP contribution in [-0.2, 0) is 0 Å². The average molecular weight is 162 g/mol. The molecule has 0 saturated carbocycles. The summed E-state index contributed by atoms with van der Waals surface area (Å²) >= 11 is 0. The average Bonchev–Trinajstić information content (AvgIpc) is 2.42. The summed E-state index contributed by atoms with van der Waals surface area (Å²) in [6, 6.07) is -0.593. The minimum Gasteiger partial charge on any atom is -0.0622 e. The van der Waals surface area contributed by atoms with Gasteiger partial charge >= 0.3 is 0 Å². The Hall–Kier alpha value is -1.56. The Kier molecular flexibility index (Phi) is 0.662. The van der Waals surface area contributed by atoms with E-state index in [4.69, 9.17) is 11.0 Å². The van der Waals surface area contributed by atoms with Gasteiger partial charge in [0.15, 0.2) is 0 Å². The Morgan fingerprint density at radius 1 is 0.667 bits per heavy atom. The molecular weight excluding hydrogens is 144 g/mol. The minimum absolute atomic E-state index is 0.116. The Balaban J connectivity index is 2.95. The summed E-state index contributed by atoms with van der Waals surface area (Å²) in [5, 5.41) is 0. The summed E-state index contributed by atoms with van der Waals surface area (Å²) < 4.78 is 61.6. The second-order valence-electron chi connectivity index (χ2n) is 2.12. The van der Waals surface area contributed by atoms with Crippen LogP contribution in [-0.4, -0.2) is 0 Å². The second kappa shape index (κ2) is 3.22. The normalized spacial score (nSPS) is 19.0. The Morgan fingerprint density at radius 2 is 1.33 bits per heavy atom. The molecule has 0 nitrogen and oxygen atoms in total. The predicted molar refractivity (Wildman–Crippen MR) is 51.9 cm³/mol. The monoisotopic (exact) mass is 162 g/mol. The van der Waals surface area contributed by atoms with Gasteiger partial charge in [-0.2, -0.15) is 0 Å². The van der Waals surface area contributed by atoms with Crippen LogP contribution in [0.25, 0.3) is 11.1 Å². The molecule has 0 heterocycles. The van der Waals surface area contributed by atoms with Crippen LogP contribution in [0, 0.1) is 0 Å². The van der Waals surface area contributed by atoms with Crippen molar-refractivity contribution in [2.75, 3.05) is 0 Å². The van der Waals surface area contributed by atoms with E-state index in [-0.39, 0.29) is 29.3 Å². The molecule has 0 bridgehead atoms. The topological polar surface area (TPSA) is 0 Å². The largest absolute Gasteiger partial charge is 0.0629 e. The van der Waals surface area contributed by atoms with E-state index in [0.29, 0.717) is 0 Å². The van der Waals surface area contributed by atoms with Gasteiger partial charge in [0, 0.05) is 0 Å². The molecule has 0 unspecified atom stereocenters. The molecule has 0 aliphatic carbocycles. The molecular formula is C12H10. The molecule has 0 saturated heterocycles. The first-order chi connectivity index (χ1) is 9.27. The van der Waals surface area contributed by atoms with Gasteiger partial charge in [-0.1, -0.05) is 60.5 Å². The maximum Gasteiger partial charge on any atom is 0.0629 e. The highest BCUT2D eigenvalue weighted by Crippen LogP contribution is 2.17. The zero-order valence-electron chi connectivity index (χ0n) is 14.2. The van der Waals surface area contributed by atoms with E-state index in [1.165, 1.54) is 12.1 Å². The smallest absolute Gasteiger partial charge is 0.0622 e. The highest BCUT2D eigenvalue weighted by atomic mass is 14.0. The Morgan fingerprint density at radius 3 is 2.17 bits per heavy atom. The van der Waals surface area contributed by atoms with Crippen LogP contribution in [0.5, 0.6) is 0 Å². The van der Waals surface area contributed by atoms with Gasteiger partial charge in [-0.15, -0.1) is 0 Å². The summed E-state index contributed by atoms with van der Waals surface area (Å²) in [5.74, 6) is 0. The van der Waals surface area contributed by atoms with Crippen molar-refractivity contribution in [2.24, 2.45) is 0 Å². The molecule has 0 atom stereocenters. The molecule has 12 heavy (non-hydrogen) atoms. The van der Waals surface area contributed by atoms with Crippen LogP contribution in [0.3, 0.4) is 0 Å². The molecule has 2 aromatic carbocycles. The molecule has 0 amide bonds. The first-order valence-electron chi connectivity index (χ1n) is 7.41. The van der Waals surface area contributed by atoms with E-state index in [0.717, 1.165) is 0 Å². The van der Waals surface area contributed by atoms with Gasteiger partial charge < -0.3 is 0 Å². The van der Waals surface area contributed by atoms with Gasteiger partial charge in [0.2, 0.25) is 0 Å². The first kappa shape index (κ1) is 2.46. The third-order valence-corrected chi connectivity index (χ3v) is 1.34. The van der Waals surface area contributed by atoms with Crippen LogP contribution >= 0.6 is 0 Å². The van der Waals surface area contributed by atoms with Crippen LogP contribution in [0.1, 0.15) is 11.0 Å². The lowest BCUT2D eigenvalue weighted by Gasteiger charge is -1.98. The number of benzene rings is 2. The Labute approximate surface area is 83.7 Å². The van der Waals surface area contributed by atoms with Crippen molar-refractivity contribution in [3.63, 3.8) is 0 Å². The molecule has 58 valence electrons. The van der Waals surface area contributed by atoms with Crippen molar-refractivity contribution in [1.82, 2.24) is 0 Å². The van der Waals surface area contributed by atoms with E-state index < -0.39 is 30.2 Å². The molecule has 0 spiro atoms. The second-order valence-corrected chi connectivity index (χ2v) is 2.12. The maximum absolute atomic E-state index is 7.84. The quantitative estimate of drug-likeness (QED) is 0.603. The molecule has 0 N–H and O–H groups in total. The van der Waals surface area contributed by atoms with Crippen molar-refractivity contribution in [3.8, 4) is 11.1 Å². The Bertz CT molecular complexity index is 678. The van der Waals surface area contributed by atoms with Crippen LogP contribution < -0.4 is 0 Å². The van der Waals surface area contributed by atoms with Crippen molar-refractivity contribution >= 4 is 0 Å². The van der Waals surface area contributed by atoms with Crippen LogP contribution in [0.2, 0.25) is 0 Å². The highest BCUT2D eigenvalue weighted by molar-refractivity contribution is 5.62. The maximum atomic E-state index is 7.84. The molecule has 0 aliphatic rings. The van der Waals surface area contributed by atoms with E-state index in [2.05, 4.69) is 0 Å². The van der Waals surface area contributed by atoms with E-state index in [1.807, 2.05) is 0 Å². The fourth-order valence-corrected chi connectivity index (χ4v) is 0.826. The minimum atomic E-state index is -0.524. The van der Waals surface area contributed by atoms with Crippen molar-refractivity contribution < 1.29 is 11.0 Å². The summed E-state index contributed by atoms with van der Waals surface area (Å²) in [7, 11) is 0. The van der Waals surface area contributed by atoms with Gasteiger partial charge in [-0.05, 0) is 11.1 Å². The van der Waals surface area contributed by atoms with Gasteiger partial charge in [0.1, 0.15) is 0 Å². The number of rotatable bonds is 1. The highest BCUT2D eigenvalue weighted by Gasteiger charge is 1.91. The summed E-state index contributed by atoms with van der Waals surface area (Å²) in [6.07, 6.45) is 0. The number of hydrogen-bond donors (Lipinski definition) is 0. The predicted octanol–water partition coefficient (Wildman–Crippen LogP) is 3.35. The molecule has 2 rings (SSSR count). The van der Waals surface area contributed by atoms with Crippen LogP contribution in [0.15, 0.2) is 60.5 Å². The van der Waals surface area contributed by atoms with E-state index in [9.17, 15) is 0 Å². The molecule has 0 heteroatoms. The zero-order chi connectivity index (χ0) is 15.2. The molecule has 0 aromatic heterocycles. The van der Waals surface area contributed by atoms with Gasteiger partial charge in [0.25, 0.3) is 0 Å². The van der Waals surface area contributed by atoms with Gasteiger partial charge in [-0.3, -0.25) is 0 Å². The van der Waals surface area contributed by atoms with Crippen molar-refractivity contribution in [2.45, 2.75) is 0 Å². The molecule has 0 radical (unpaired) electrons. The standard InChI is InChI=1S/C12H10/c1-3-7-11(8-4-1)12-9-5-2-6-10-12/h1-10H/i1D,3D,4D,5D,7D,8D,9D,10D. The van der Waals surface area contributed by atoms with Crippen LogP contribution in [0.4, 0.5) is 0 Å². The third kappa shape index (κ3) is 1.37. The fraction of sp³-hybridized carbons (Fsp3) is 0. The lowest BCUT2D eigenvalue weighted by atomic mass is 10.1. The molecule has 0 aliphatic heterocycles. The lowest BCUT2D eigenvalue weighted by Crippen LogP contribution is -1.73. The third-order valence-electron chi connectivity index (χ3n) is 1.34. The van der Waals surface area contributed by atoms with E-state index in [1.54, 1.807) is 0 Å². The first-order valence-corrected chi connectivity index (χ1v) is 3.41. The lowest BCUT2D eigenvalue weighted by molar-refractivity contribution is 1.62. The zero-order valence-corrected chi connectivity index (χ0v) is 6.15. The summed E-state index contributed by atoms with van der Waals surface area (Å²) in [5.41, 5.74) is -0.324. The van der Waals surface area contributed by atoms with Gasteiger partial charge in [-0.25, -0.2) is 0 Å². The summed E-state index contributed by atoms with van der Waals surface area (Å²) in [4.78, 5) is 0. The van der Waals surface area contributed by atoms with Crippen molar-refractivity contribution in [1.29, 1.82) is 0 Å². The fourth-order valence-electron chi connectivity index (χ4n) is 0.826. The molecule has 0 fully saturated rings. The van der Waals surface area contributed by atoms with Crippen molar-refractivity contribution in [3.05, 3.63) is 60.5 Å².